The van der Waals surface area contributed by atoms with E-state index in [1.165, 1.54) is 0 Å². The van der Waals surface area contributed by atoms with Gasteiger partial charge in [-0.3, -0.25) is 9.59 Å². The Labute approximate surface area is 121 Å². The molecule has 1 heterocycles. The summed E-state index contributed by atoms with van der Waals surface area (Å²) in [4.78, 5) is 24.0. The van der Waals surface area contributed by atoms with Crippen LogP contribution in [0.1, 0.15) is 48.0 Å². The van der Waals surface area contributed by atoms with Crippen LogP contribution < -0.4 is 0 Å². The van der Waals surface area contributed by atoms with Crippen LogP contribution in [0, 0.1) is 34.5 Å². The van der Waals surface area contributed by atoms with Crippen molar-refractivity contribution in [2.45, 2.75) is 48.0 Å². The number of hydrogen-bond acceptors (Lipinski definition) is 3. The summed E-state index contributed by atoms with van der Waals surface area (Å²) < 4.78 is 4.90. The lowest BCUT2D eigenvalue weighted by Gasteiger charge is -2.29. The van der Waals surface area contributed by atoms with Crippen LogP contribution in [0.4, 0.5) is 0 Å². The molecule has 1 saturated carbocycles. The number of fused-ring (bicyclic) bond motifs is 1. The summed E-state index contributed by atoms with van der Waals surface area (Å²) in [6.07, 6.45) is 5.17. The number of cyclic esters (lactones) is 2. The highest BCUT2D eigenvalue weighted by Gasteiger charge is 2.58. The minimum atomic E-state index is -0.324. The first-order valence-corrected chi connectivity index (χ1v) is 7.45. The summed E-state index contributed by atoms with van der Waals surface area (Å²) in [6.45, 7) is 12.8. The molecule has 4 atom stereocenters. The van der Waals surface area contributed by atoms with Crippen molar-refractivity contribution < 1.29 is 14.3 Å². The van der Waals surface area contributed by atoms with E-state index < -0.39 is 0 Å². The lowest BCUT2D eigenvalue weighted by molar-refractivity contribution is -0.155. The van der Waals surface area contributed by atoms with E-state index >= 15 is 0 Å². The lowest BCUT2D eigenvalue weighted by Crippen LogP contribution is -2.29. The van der Waals surface area contributed by atoms with Crippen molar-refractivity contribution in [3.63, 3.8) is 0 Å². The first kappa shape index (κ1) is 15.3. The molecular weight excluding hydrogens is 252 g/mol. The molecular formula is C17H26O3. The van der Waals surface area contributed by atoms with Crippen LogP contribution in [0.15, 0.2) is 12.2 Å². The molecule has 0 spiro atoms. The Bertz CT molecular complexity index is 448. The maximum Gasteiger partial charge on any atom is 0.318 e. The molecule has 1 saturated heterocycles. The fourth-order valence-electron chi connectivity index (χ4n) is 3.47. The van der Waals surface area contributed by atoms with Crippen molar-refractivity contribution in [2.75, 3.05) is 0 Å². The van der Waals surface area contributed by atoms with Gasteiger partial charge in [0.05, 0.1) is 11.8 Å². The molecule has 0 amide bonds. The molecule has 2 rings (SSSR count). The minimum Gasteiger partial charge on any atom is -0.393 e. The van der Waals surface area contributed by atoms with Gasteiger partial charge in [0.15, 0.2) is 0 Å². The van der Waals surface area contributed by atoms with Gasteiger partial charge < -0.3 is 4.74 Å². The van der Waals surface area contributed by atoms with Gasteiger partial charge in [-0.05, 0) is 29.1 Å². The van der Waals surface area contributed by atoms with Crippen LogP contribution in [0.3, 0.4) is 0 Å². The van der Waals surface area contributed by atoms with E-state index in [0.29, 0.717) is 0 Å². The second-order valence-electron chi connectivity index (χ2n) is 8.39. The molecule has 0 bridgehead atoms. The molecule has 20 heavy (non-hydrogen) atoms. The van der Waals surface area contributed by atoms with Gasteiger partial charge in [0.25, 0.3) is 0 Å². The zero-order valence-electron chi connectivity index (χ0n) is 13.4. The van der Waals surface area contributed by atoms with Crippen molar-refractivity contribution in [3.05, 3.63) is 12.2 Å². The van der Waals surface area contributed by atoms with Crippen LogP contribution in [-0.4, -0.2) is 11.9 Å². The lowest BCUT2D eigenvalue weighted by atomic mass is 9.74. The summed E-state index contributed by atoms with van der Waals surface area (Å²) in [7, 11) is 0. The molecule has 0 aromatic carbocycles. The van der Waals surface area contributed by atoms with Gasteiger partial charge in [0.1, 0.15) is 0 Å². The zero-order chi connectivity index (χ0) is 15.3. The summed E-state index contributed by atoms with van der Waals surface area (Å²) in [5, 5.41) is 0. The van der Waals surface area contributed by atoms with Crippen molar-refractivity contribution in [3.8, 4) is 0 Å². The first-order valence-electron chi connectivity index (χ1n) is 7.45. The average Bonchev–Trinajstić information content (AvgIpc) is 2.75. The third-order valence-electron chi connectivity index (χ3n) is 4.51. The molecule has 4 unspecified atom stereocenters. The SMILES string of the molecule is CC(C)(C)/C=C\C1CC(C(C)(C)C)C2C(=O)OC(=O)C12. The maximum atomic E-state index is 12.0. The fourth-order valence-corrected chi connectivity index (χ4v) is 3.47. The third kappa shape index (κ3) is 2.82. The van der Waals surface area contributed by atoms with Crippen molar-refractivity contribution in [1.29, 1.82) is 0 Å². The molecule has 3 nitrogen and oxygen atoms in total. The van der Waals surface area contributed by atoms with Gasteiger partial charge in [0, 0.05) is 0 Å². The summed E-state index contributed by atoms with van der Waals surface area (Å²) >= 11 is 0. The molecule has 112 valence electrons. The number of allylic oxidation sites excluding steroid dienone is 2. The van der Waals surface area contributed by atoms with Crippen LogP contribution in [-0.2, 0) is 14.3 Å². The largest absolute Gasteiger partial charge is 0.393 e. The van der Waals surface area contributed by atoms with E-state index in [1.54, 1.807) is 0 Å². The minimum absolute atomic E-state index is 0.0108. The fraction of sp³-hybridized carbons (Fsp3) is 0.765. The molecule has 2 fully saturated rings. The van der Waals surface area contributed by atoms with Crippen LogP contribution >= 0.6 is 0 Å². The van der Waals surface area contributed by atoms with Gasteiger partial charge in [-0.2, -0.15) is 0 Å². The standard InChI is InChI=1S/C17H26O3/c1-16(2,3)8-7-10-9-11(17(4,5)6)13-12(10)14(18)20-15(13)19/h7-8,10-13H,9H2,1-6H3/b8-7-. The van der Waals surface area contributed by atoms with Crippen molar-refractivity contribution in [2.24, 2.45) is 34.5 Å². The predicted molar refractivity (Wildman–Crippen MR) is 77.7 cm³/mol. The molecule has 1 aliphatic carbocycles. The van der Waals surface area contributed by atoms with Crippen LogP contribution in [0.2, 0.25) is 0 Å². The Morgan fingerprint density at radius 1 is 1.00 bits per heavy atom. The molecule has 0 radical (unpaired) electrons. The summed E-state index contributed by atoms with van der Waals surface area (Å²) in [6, 6.07) is 0. The Hall–Kier alpha value is -1.12. The third-order valence-corrected chi connectivity index (χ3v) is 4.51. The first-order chi connectivity index (χ1) is 9.00. The Morgan fingerprint density at radius 3 is 2.05 bits per heavy atom. The van der Waals surface area contributed by atoms with Gasteiger partial charge in [0.2, 0.25) is 0 Å². The quantitative estimate of drug-likeness (QED) is 0.418. The van der Waals surface area contributed by atoms with E-state index in [9.17, 15) is 9.59 Å². The number of rotatable bonds is 1. The van der Waals surface area contributed by atoms with Crippen molar-refractivity contribution >= 4 is 11.9 Å². The summed E-state index contributed by atoms with van der Waals surface area (Å²) in [5.41, 5.74) is 0.0959. The highest BCUT2D eigenvalue weighted by molar-refractivity contribution is 5.97. The van der Waals surface area contributed by atoms with Gasteiger partial charge >= 0.3 is 11.9 Å². The van der Waals surface area contributed by atoms with E-state index in [4.69, 9.17) is 4.74 Å². The van der Waals surface area contributed by atoms with E-state index in [-0.39, 0.29) is 46.4 Å². The number of carbonyl (C=O) groups is 2. The number of ether oxygens (including phenoxy) is 1. The Morgan fingerprint density at radius 2 is 1.55 bits per heavy atom. The van der Waals surface area contributed by atoms with E-state index in [1.807, 2.05) is 0 Å². The topological polar surface area (TPSA) is 43.4 Å². The Kier molecular flexibility index (Phi) is 3.60. The molecule has 0 aromatic heterocycles. The molecule has 2 aliphatic rings. The smallest absolute Gasteiger partial charge is 0.318 e. The number of hydrogen-bond donors (Lipinski definition) is 0. The Balaban J connectivity index is 2.30. The maximum absolute atomic E-state index is 12.0. The van der Waals surface area contributed by atoms with E-state index in [0.717, 1.165) is 6.42 Å². The summed E-state index contributed by atoms with van der Waals surface area (Å²) in [5.74, 6) is -0.826. The van der Waals surface area contributed by atoms with E-state index in [2.05, 4.69) is 53.7 Å². The second kappa shape index (κ2) is 4.71. The van der Waals surface area contributed by atoms with Gasteiger partial charge in [-0.15, -0.1) is 0 Å². The average molecular weight is 278 g/mol. The molecule has 1 aliphatic heterocycles. The van der Waals surface area contributed by atoms with Crippen molar-refractivity contribution in [1.82, 2.24) is 0 Å². The predicted octanol–water partition coefficient (Wildman–Crippen LogP) is 3.59. The molecule has 0 N–H and O–H groups in total. The number of esters is 2. The van der Waals surface area contributed by atoms with Crippen LogP contribution in [0.5, 0.6) is 0 Å². The second-order valence-corrected chi connectivity index (χ2v) is 8.39. The van der Waals surface area contributed by atoms with Gasteiger partial charge in [-0.25, -0.2) is 0 Å². The monoisotopic (exact) mass is 278 g/mol. The molecule has 3 heteroatoms. The zero-order valence-corrected chi connectivity index (χ0v) is 13.4. The highest BCUT2D eigenvalue weighted by atomic mass is 16.6. The normalized spacial score (nSPS) is 34.7. The molecule has 0 aromatic rings. The van der Waals surface area contributed by atoms with Crippen LogP contribution in [0.25, 0.3) is 0 Å². The van der Waals surface area contributed by atoms with Gasteiger partial charge in [-0.1, -0.05) is 53.7 Å². The number of carbonyl (C=O) groups excluding carboxylic acids is 2. The highest BCUT2D eigenvalue weighted by Crippen LogP contribution is 2.53.